The number of benzene rings is 1. The highest BCUT2D eigenvalue weighted by molar-refractivity contribution is 8.54. The molecule has 0 fully saturated rings. The molecule has 0 radical (unpaired) electrons. The van der Waals surface area contributed by atoms with Crippen LogP contribution in [0.5, 0.6) is 5.75 Å². The summed E-state index contributed by atoms with van der Waals surface area (Å²) in [7, 11) is 0. The van der Waals surface area contributed by atoms with Gasteiger partial charge in [-0.25, -0.2) is 4.57 Å². The molecule has 0 saturated carbocycles. The Balaban J connectivity index is 2.78. The van der Waals surface area contributed by atoms with Crippen LogP contribution in [0.25, 0.3) is 0 Å². The van der Waals surface area contributed by atoms with Gasteiger partial charge in [0, 0.05) is 5.75 Å². The third-order valence-electron chi connectivity index (χ3n) is 1.34. The van der Waals surface area contributed by atoms with Crippen LogP contribution in [-0.2, 0) is 4.57 Å². The Bertz CT molecular complexity index is 358. The lowest BCUT2D eigenvalue weighted by Gasteiger charge is -2.12. The van der Waals surface area contributed by atoms with Crippen LogP contribution < -0.4 is 4.52 Å². The Kier molecular flexibility index (Phi) is 4.32. The fraction of sp³-hybridized carbons (Fsp3) is 0.250. The highest BCUT2D eigenvalue weighted by Gasteiger charge is 2.21. The molecule has 6 heteroatoms. The van der Waals surface area contributed by atoms with Crippen molar-refractivity contribution in [2.45, 2.75) is 6.92 Å². The molecule has 78 valence electrons. The Hall–Kier alpha value is -0.150. The molecule has 3 nitrogen and oxygen atoms in total. The van der Waals surface area contributed by atoms with Crippen LogP contribution in [0.1, 0.15) is 6.92 Å². The Morgan fingerprint density at radius 2 is 2.21 bits per heavy atom. The molecule has 0 aliphatic heterocycles. The fourth-order valence-electron chi connectivity index (χ4n) is 0.833. The zero-order chi connectivity index (χ0) is 10.6. The van der Waals surface area contributed by atoms with Gasteiger partial charge < -0.3 is 9.42 Å². The molecule has 14 heavy (non-hydrogen) atoms. The molecule has 0 aromatic heterocycles. The fourth-order valence-corrected chi connectivity index (χ4v) is 3.23. The SMILES string of the molecule is CCSP(=O)(O)Oc1ccccc1Cl. The summed E-state index contributed by atoms with van der Waals surface area (Å²) in [6, 6.07) is 6.58. The van der Waals surface area contributed by atoms with Crippen molar-refractivity contribution in [3.05, 3.63) is 29.3 Å². The molecule has 1 atom stereocenters. The van der Waals surface area contributed by atoms with Crippen molar-refractivity contribution in [3.63, 3.8) is 0 Å². The molecule has 0 heterocycles. The molecular formula is C8H10ClO3PS. The van der Waals surface area contributed by atoms with E-state index in [0.717, 1.165) is 11.4 Å². The van der Waals surface area contributed by atoms with Gasteiger partial charge in [-0.3, -0.25) is 0 Å². The Morgan fingerprint density at radius 3 is 2.79 bits per heavy atom. The van der Waals surface area contributed by atoms with Gasteiger partial charge in [0.25, 0.3) is 0 Å². The molecular weight excluding hydrogens is 243 g/mol. The number of hydrogen-bond acceptors (Lipinski definition) is 3. The maximum absolute atomic E-state index is 11.4. The summed E-state index contributed by atoms with van der Waals surface area (Å²) in [5.41, 5.74) is 0. The van der Waals surface area contributed by atoms with E-state index in [4.69, 9.17) is 16.1 Å². The van der Waals surface area contributed by atoms with E-state index in [0.29, 0.717) is 10.8 Å². The molecule has 1 aromatic carbocycles. The largest absolute Gasteiger partial charge is 0.437 e. The minimum atomic E-state index is -3.61. The van der Waals surface area contributed by atoms with Crippen LogP contribution >= 0.6 is 29.8 Å². The number of rotatable bonds is 4. The van der Waals surface area contributed by atoms with Gasteiger partial charge in [0.1, 0.15) is 5.75 Å². The first-order chi connectivity index (χ1) is 6.55. The maximum atomic E-state index is 11.4. The summed E-state index contributed by atoms with van der Waals surface area (Å²) in [5, 5.41) is 0.332. The van der Waals surface area contributed by atoms with Crippen LogP contribution in [-0.4, -0.2) is 10.6 Å². The molecule has 0 spiro atoms. The van der Waals surface area contributed by atoms with Crippen LogP contribution in [0, 0.1) is 0 Å². The molecule has 0 amide bonds. The van der Waals surface area contributed by atoms with E-state index in [-0.39, 0.29) is 5.75 Å². The van der Waals surface area contributed by atoms with Crippen LogP contribution in [0.3, 0.4) is 0 Å². The van der Waals surface area contributed by atoms with Crippen molar-refractivity contribution >= 4 is 29.8 Å². The molecule has 0 bridgehead atoms. The Morgan fingerprint density at radius 1 is 1.57 bits per heavy atom. The molecule has 0 aliphatic carbocycles. The standard InChI is InChI=1S/C8H10ClO3PS/c1-2-14-13(10,11)12-8-6-4-3-5-7(8)9/h3-6H,2H2,1H3,(H,10,11). The predicted molar refractivity (Wildman–Crippen MR) is 60.0 cm³/mol. The van der Waals surface area contributed by atoms with Crippen LogP contribution in [0.2, 0.25) is 5.02 Å². The van der Waals surface area contributed by atoms with Gasteiger partial charge in [-0.1, -0.05) is 30.7 Å². The third-order valence-corrected chi connectivity index (χ3v) is 4.64. The minimum Gasteiger partial charge on any atom is -0.416 e. The first-order valence-electron chi connectivity index (χ1n) is 3.96. The van der Waals surface area contributed by atoms with Gasteiger partial charge in [-0.2, -0.15) is 0 Å². The second kappa shape index (κ2) is 5.08. The maximum Gasteiger partial charge on any atom is 0.437 e. The zero-order valence-corrected chi connectivity index (χ0v) is 9.98. The van der Waals surface area contributed by atoms with Gasteiger partial charge >= 0.3 is 6.80 Å². The summed E-state index contributed by atoms with van der Waals surface area (Å²) < 4.78 is 16.3. The van der Waals surface area contributed by atoms with Gasteiger partial charge in [-0.15, -0.1) is 0 Å². The van der Waals surface area contributed by atoms with Crippen molar-refractivity contribution in [2.75, 3.05) is 5.75 Å². The quantitative estimate of drug-likeness (QED) is 0.832. The summed E-state index contributed by atoms with van der Waals surface area (Å²) in [4.78, 5) is 9.33. The van der Waals surface area contributed by atoms with E-state index in [1.165, 1.54) is 0 Å². The lowest BCUT2D eigenvalue weighted by atomic mass is 10.3. The van der Waals surface area contributed by atoms with E-state index in [1.807, 2.05) is 0 Å². The molecule has 1 rings (SSSR count). The summed E-state index contributed by atoms with van der Waals surface area (Å²) in [6.45, 7) is -1.83. The highest BCUT2D eigenvalue weighted by Crippen LogP contribution is 2.55. The zero-order valence-electron chi connectivity index (χ0n) is 7.51. The van der Waals surface area contributed by atoms with Crippen LogP contribution in [0.4, 0.5) is 0 Å². The van der Waals surface area contributed by atoms with E-state index in [2.05, 4.69) is 0 Å². The average Bonchev–Trinajstić information content (AvgIpc) is 2.08. The number of halogens is 1. The highest BCUT2D eigenvalue weighted by atomic mass is 35.5. The summed E-state index contributed by atoms with van der Waals surface area (Å²) >= 11 is 6.63. The first-order valence-corrected chi connectivity index (χ1v) is 7.51. The predicted octanol–water partition coefficient (Wildman–Crippen LogP) is 3.57. The first kappa shape index (κ1) is 11.9. The Labute approximate surface area is 91.7 Å². The van der Waals surface area contributed by atoms with Gasteiger partial charge in [0.05, 0.1) is 5.02 Å². The van der Waals surface area contributed by atoms with Gasteiger partial charge in [-0.05, 0) is 23.5 Å². The second-order valence-electron chi connectivity index (χ2n) is 2.41. The molecule has 1 N–H and O–H groups in total. The monoisotopic (exact) mass is 252 g/mol. The normalized spacial score (nSPS) is 14.8. The van der Waals surface area contributed by atoms with E-state index >= 15 is 0 Å². The van der Waals surface area contributed by atoms with Crippen molar-refractivity contribution < 1.29 is 14.0 Å². The molecule has 0 aliphatic rings. The van der Waals surface area contributed by atoms with Crippen molar-refractivity contribution in [2.24, 2.45) is 0 Å². The van der Waals surface area contributed by atoms with Gasteiger partial charge in [0.2, 0.25) is 0 Å². The van der Waals surface area contributed by atoms with E-state index < -0.39 is 6.80 Å². The summed E-state index contributed by atoms with van der Waals surface area (Å²) in [5.74, 6) is 0.749. The molecule has 1 aromatic rings. The van der Waals surface area contributed by atoms with E-state index in [9.17, 15) is 9.46 Å². The molecule has 1 unspecified atom stereocenters. The van der Waals surface area contributed by atoms with Crippen molar-refractivity contribution in [1.82, 2.24) is 0 Å². The third kappa shape index (κ3) is 3.54. The lowest BCUT2D eigenvalue weighted by molar-refractivity contribution is 0.402. The lowest BCUT2D eigenvalue weighted by Crippen LogP contribution is -1.89. The summed E-state index contributed by atoms with van der Waals surface area (Å²) in [6.07, 6.45) is 0. The van der Waals surface area contributed by atoms with Crippen molar-refractivity contribution in [1.29, 1.82) is 0 Å². The number of hydrogen-bond donors (Lipinski definition) is 1. The topological polar surface area (TPSA) is 46.5 Å². The number of para-hydroxylation sites is 1. The molecule has 0 saturated heterocycles. The minimum absolute atomic E-state index is 0.237. The second-order valence-corrected chi connectivity index (χ2v) is 6.93. The average molecular weight is 253 g/mol. The van der Waals surface area contributed by atoms with Gasteiger partial charge in [0.15, 0.2) is 0 Å². The van der Waals surface area contributed by atoms with Crippen molar-refractivity contribution in [3.8, 4) is 5.75 Å². The smallest absolute Gasteiger partial charge is 0.416 e. The van der Waals surface area contributed by atoms with E-state index in [1.54, 1.807) is 31.2 Å². The van der Waals surface area contributed by atoms with Crippen LogP contribution in [0.15, 0.2) is 24.3 Å².